The van der Waals surface area contributed by atoms with E-state index in [4.69, 9.17) is 16.7 Å². The molecule has 0 spiro atoms. The Morgan fingerprint density at radius 3 is 2.68 bits per heavy atom. The molecule has 0 radical (unpaired) electrons. The van der Waals surface area contributed by atoms with E-state index in [1.165, 1.54) is 6.20 Å². The quantitative estimate of drug-likeness (QED) is 0.901. The second kappa shape index (κ2) is 5.24. The third kappa shape index (κ3) is 2.82. The molecule has 1 aromatic carbocycles. The van der Waals surface area contributed by atoms with Gasteiger partial charge in [-0.15, -0.1) is 0 Å². The van der Waals surface area contributed by atoms with E-state index in [1.54, 1.807) is 13.0 Å². The summed E-state index contributed by atoms with van der Waals surface area (Å²) in [4.78, 5) is 19.0. The van der Waals surface area contributed by atoms with Crippen LogP contribution in [0.15, 0.2) is 24.4 Å². The Hall–Kier alpha value is -2.14. The van der Waals surface area contributed by atoms with E-state index in [0.717, 1.165) is 5.56 Å². The standard InChI is InChI=1S/C13H12ClN3O2/c1-7-4-3-5-10(14)11(7)17-13-15-6-9(12(18)19)8(2)16-13/h3-6H,1-2H3,(H,18,19)(H,15,16,17). The average molecular weight is 278 g/mol. The summed E-state index contributed by atoms with van der Waals surface area (Å²) in [6, 6.07) is 5.52. The van der Waals surface area contributed by atoms with Gasteiger partial charge in [-0.3, -0.25) is 0 Å². The number of anilines is 2. The molecule has 0 atom stereocenters. The van der Waals surface area contributed by atoms with Crippen LogP contribution in [0.4, 0.5) is 11.6 Å². The fourth-order valence-corrected chi connectivity index (χ4v) is 1.91. The number of nitrogens with zero attached hydrogens (tertiary/aromatic N) is 2. The largest absolute Gasteiger partial charge is 0.478 e. The highest BCUT2D eigenvalue weighted by Crippen LogP contribution is 2.27. The first kappa shape index (κ1) is 13.3. The number of rotatable bonds is 3. The number of para-hydroxylation sites is 1. The molecule has 2 aromatic rings. The Labute approximate surface area is 115 Å². The summed E-state index contributed by atoms with van der Waals surface area (Å²) in [5, 5.41) is 12.5. The van der Waals surface area contributed by atoms with Gasteiger partial charge in [-0.05, 0) is 25.5 Å². The molecule has 1 aromatic heterocycles. The lowest BCUT2D eigenvalue weighted by molar-refractivity contribution is 0.0695. The summed E-state index contributed by atoms with van der Waals surface area (Å²) in [5.74, 6) is -0.725. The molecule has 98 valence electrons. The highest BCUT2D eigenvalue weighted by molar-refractivity contribution is 6.33. The molecule has 2 rings (SSSR count). The zero-order valence-electron chi connectivity index (χ0n) is 10.4. The molecule has 0 unspecified atom stereocenters. The van der Waals surface area contributed by atoms with Gasteiger partial charge in [-0.2, -0.15) is 0 Å². The van der Waals surface area contributed by atoms with E-state index in [-0.39, 0.29) is 5.56 Å². The average Bonchev–Trinajstić information content (AvgIpc) is 2.33. The minimum Gasteiger partial charge on any atom is -0.478 e. The van der Waals surface area contributed by atoms with Gasteiger partial charge in [0, 0.05) is 6.20 Å². The van der Waals surface area contributed by atoms with Crippen LogP contribution in [0.25, 0.3) is 0 Å². The van der Waals surface area contributed by atoms with Gasteiger partial charge in [-0.1, -0.05) is 23.7 Å². The molecule has 0 aliphatic heterocycles. The van der Waals surface area contributed by atoms with Gasteiger partial charge in [0.2, 0.25) is 5.95 Å². The molecule has 0 saturated carbocycles. The van der Waals surface area contributed by atoms with Crippen molar-refractivity contribution in [2.24, 2.45) is 0 Å². The highest BCUT2D eigenvalue weighted by Gasteiger charge is 2.11. The molecule has 0 saturated heterocycles. The van der Waals surface area contributed by atoms with Gasteiger partial charge in [0.1, 0.15) is 0 Å². The molecule has 2 N–H and O–H groups in total. The molecule has 0 bridgehead atoms. The summed E-state index contributed by atoms with van der Waals surface area (Å²) >= 11 is 6.09. The van der Waals surface area contributed by atoms with Gasteiger partial charge in [0.05, 0.1) is 22.0 Å². The molecule has 0 fully saturated rings. The zero-order chi connectivity index (χ0) is 14.0. The third-order valence-electron chi connectivity index (χ3n) is 2.67. The SMILES string of the molecule is Cc1cccc(Cl)c1Nc1ncc(C(=O)O)c(C)n1. The number of hydrogen-bond acceptors (Lipinski definition) is 4. The summed E-state index contributed by atoms with van der Waals surface area (Å²) in [6.07, 6.45) is 1.28. The normalized spacial score (nSPS) is 10.3. The van der Waals surface area contributed by atoms with Crippen LogP contribution in [-0.2, 0) is 0 Å². The maximum Gasteiger partial charge on any atom is 0.339 e. The van der Waals surface area contributed by atoms with Crippen molar-refractivity contribution >= 4 is 29.2 Å². The van der Waals surface area contributed by atoms with Crippen molar-refractivity contribution in [1.82, 2.24) is 9.97 Å². The van der Waals surface area contributed by atoms with Crippen LogP contribution in [0.1, 0.15) is 21.6 Å². The van der Waals surface area contributed by atoms with Crippen molar-refractivity contribution in [1.29, 1.82) is 0 Å². The fraction of sp³-hybridized carbons (Fsp3) is 0.154. The Bertz CT molecular complexity index is 624. The van der Waals surface area contributed by atoms with Crippen LogP contribution in [0.5, 0.6) is 0 Å². The van der Waals surface area contributed by atoms with Crippen LogP contribution < -0.4 is 5.32 Å². The fourth-order valence-electron chi connectivity index (χ4n) is 1.64. The number of halogens is 1. The monoisotopic (exact) mass is 277 g/mol. The van der Waals surface area contributed by atoms with E-state index in [1.807, 2.05) is 19.1 Å². The maximum atomic E-state index is 10.9. The second-order valence-electron chi connectivity index (χ2n) is 4.05. The van der Waals surface area contributed by atoms with Crippen LogP contribution in [-0.4, -0.2) is 21.0 Å². The second-order valence-corrected chi connectivity index (χ2v) is 4.46. The van der Waals surface area contributed by atoms with Crippen LogP contribution >= 0.6 is 11.6 Å². The van der Waals surface area contributed by atoms with Gasteiger partial charge >= 0.3 is 5.97 Å². The van der Waals surface area contributed by atoms with Crippen molar-refractivity contribution < 1.29 is 9.90 Å². The third-order valence-corrected chi connectivity index (χ3v) is 2.98. The molecule has 0 amide bonds. The minimum absolute atomic E-state index is 0.0847. The number of aromatic nitrogens is 2. The topological polar surface area (TPSA) is 75.1 Å². The highest BCUT2D eigenvalue weighted by atomic mass is 35.5. The molecular weight excluding hydrogens is 266 g/mol. The molecule has 1 heterocycles. The summed E-state index contributed by atoms with van der Waals surface area (Å²) < 4.78 is 0. The Kier molecular flexibility index (Phi) is 3.66. The molecule has 6 heteroatoms. The van der Waals surface area contributed by atoms with E-state index in [0.29, 0.717) is 22.4 Å². The Balaban J connectivity index is 2.34. The van der Waals surface area contributed by atoms with Crippen molar-refractivity contribution in [3.05, 3.63) is 46.2 Å². The molecule has 5 nitrogen and oxygen atoms in total. The predicted molar refractivity (Wildman–Crippen MR) is 73.2 cm³/mol. The number of benzene rings is 1. The van der Waals surface area contributed by atoms with Crippen LogP contribution in [0.2, 0.25) is 5.02 Å². The van der Waals surface area contributed by atoms with Crippen molar-refractivity contribution in [3.8, 4) is 0 Å². The van der Waals surface area contributed by atoms with Gasteiger partial charge in [0.15, 0.2) is 0 Å². The zero-order valence-corrected chi connectivity index (χ0v) is 11.2. The first-order valence-electron chi connectivity index (χ1n) is 5.58. The summed E-state index contributed by atoms with van der Waals surface area (Å²) in [5.41, 5.74) is 2.15. The molecular formula is C13H12ClN3O2. The first-order chi connectivity index (χ1) is 8.99. The number of aryl methyl sites for hydroxylation is 2. The summed E-state index contributed by atoms with van der Waals surface area (Å²) in [6.45, 7) is 3.53. The minimum atomic E-state index is -1.04. The van der Waals surface area contributed by atoms with Gasteiger partial charge in [-0.25, -0.2) is 14.8 Å². The maximum absolute atomic E-state index is 10.9. The number of carboxylic acids is 1. The Morgan fingerprint density at radius 2 is 2.11 bits per heavy atom. The van der Waals surface area contributed by atoms with Crippen LogP contribution in [0.3, 0.4) is 0 Å². The van der Waals surface area contributed by atoms with Crippen LogP contribution in [0, 0.1) is 13.8 Å². The summed E-state index contributed by atoms with van der Waals surface area (Å²) in [7, 11) is 0. The van der Waals surface area contributed by atoms with Crippen molar-refractivity contribution in [3.63, 3.8) is 0 Å². The Morgan fingerprint density at radius 1 is 1.37 bits per heavy atom. The van der Waals surface area contributed by atoms with Gasteiger partial charge in [0.25, 0.3) is 0 Å². The number of aromatic carboxylic acids is 1. The van der Waals surface area contributed by atoms with Gasteiger partial charge < -0.3 is 10.4 Å². The van der Waals surface area contributed by atoms with Crippen molar-refractivity contribution in [2.75, 3.05) is 5.32 Å². The lowest BCUT2D eigenvalue weighted by atomic mass is 10.2. The smallest absolute Gasteiger partial charge is 0.339 e. The van der Waals surface area contributed by atoms with E-state index >= 15 is 0 Å². The van der Waals surface area contributed by atoms with E-state index in [9.17, 15) is 4.79 Å². The predicted octanol–water partition coefficient (Wildman–Crippen LogP) is 3.19. The molecule has 19 heavy (non-hydrogen) atoms. The number of nitrogens with one attached hydrogen (secondary N) is 1. The number of hydrogen-bond donors (Lipinski definition) is 2. The van der Waals surface area contributed by atoms with E-state index < -0.39 is 5.97 Å². The first-order valence-corrected chi connectivity index (χ1v) is 5.96. The number of carbonyl (C=O) groups is 1. The lowest BCUT2D eigenvalue weighted by Gasteiger charge is -2.10. The number of carboxylic acid groups (broad SMARTS) is 1. The molecule has 0 aliphatic rings. The van der Waals surface area contributed by atoms with Crippen molar-refractivity contribution in [2.45, 2.75) is 13.8 Å². The van der Waals surface area contributed by atoms with E-state index in [2.05, 4.69) is 15.3 Å². The molecule has 0 aliphatic carbocycles. The lowest BCUT2D eigenvalue weighted by Crippen LogP contribution is -2.06.